The highest BCUT2D eigenvalue weighted by atomic mass is 16.7. The third-order valence-corrected chi connectivity index (χ3v) is 13.0. The molecule has 18 nitrogen and oxygen atoms in total. The number of esters is 2. The fraction of sp³-hybridized carbons (Fsp3) is 0.654. The number of H-pyrrole nitrogens is 1. The second kappa shape index (κ2) is 27.0. The second-order valence-corrected chi connectivity index (χ2v) is 20.1. The zero-order valence-electron chi connectivity index (χ0n) is 42.6. The molecule has 6 N–H and O–H groups in total. The fourth-order valence-electron chi connectivity index (χ4n) is 9.08. The van der Waals surface area contributed by atoms with Crippen molar-refractivity contribution in [3.63, 3.8) is 0 Å². The first-order chi connectivity index (χ1) is 33.0. The van der Waals surface area contributed by atoms with Crippen LogP contribution in [0.5, 0.6) is 0 Å². The normalized spacial score (nSPS) is 30.1. The minimum Gasteiger partial charge on any atom is -0.465 e. The van der Waals surface area contributed by atoms with E-state index >= 15 is 0 Å². The van der Waals surface area contributed by atoms with Gasteiger partial charge in [-0.1, -0.05) is 56.7 Å². The molecular formula is C52H78N4O14. The number of hydrogen-bond donors (Lipinski definition) is 6. The van der Waals surface area contributed by atoms with Crippen LogP contribution >= 0.6 is 0 Å². The highest BCUT2D eigenvalue weighted by Gasteiger charge is 2.47. The second-order valence-electron chi connectivity index (χ2n) is 20.1. The molecule has 4 rings (SSSR count). The van der Waals surface area contributed by atoms with Crippen molar-refractivity contribution in [2.45, 2.75) is 167 Å². The lowest BCUT2D eigenvalue weighted by molar-refractivity contribution is -0.304. The van der Waals surface area contributed by atoms with E-state index in [1.165, 1.54) is 6.08 Å². The van der Waals surface area contributed by atoms with E-state index < -0.39 is 115 Å². The average Bonchev–Trinajstić information content (AvgIpc) is 3.70. The number of hydrogen-bond acceptors (Lipinski definition) is 15. The molecular weight excluding hydrogens is 905 g/mol. The van der Waals surface area contributed by atoms with Gasteiger partial charge in [-0.2, -0.15) is 0 Å². The molecule has 1 saturated heterocycles. The van der Waals surface area contributed by atoms with Gasteiger partial charge in [0.2, 0.25) is 5.91 Å². The molecule has 2 aliphatic rings. The number of carbonyl (C=O) groups excluding carboxylic acids is 6. The van der Waals surface area contributed by atoms with E-state index in [1.54, 1.807) is 86.5 Å². The van der Waals surface area contributed by atoms with Crippen LogP contribution < -0.4 is 10.6 Å². The summed E-state index contributed by atoms with van der Waals surface area (Å²) >= 11 is 0. The summed E-state index contributed by atoms with van der Waals surface area (Å²) in [5.74, 6) is -4.61. The third kappa shape index (κ3) is 17.1. The predicted octanol–water partition coefficient (Wildman–Crippen LogP) is 4.86. The zero-order chi connectivity index (χ0) is 51.9. The summed E-state index contributed by atoms with van der Waals surface area (Å²) in [5.41, 5.74) is 1.61. The maximum Gasteiger partial charge on any atom is 0.408 e. The molecule has 1 fully saturated rings. The minimum atomic E-state index is -1.36. The predicted molar refractivity (Wildman–Crippen MR) is 261 cm³/mol. The number of ketones is 1. The summed E-state index contributed by atoms with van der Waals surface area (Å²) in [6.45, 7) is 13.9. The fourth-order valence-corrected chi connectivity index (χ4v) is 9.08. The number of unbranched alkanes of at least 4 members (excludes halogenated alkanes) is 1. The summed E-state index contributed by atoms with van der Waals surface area (Å²) < 4.78 is 29.5. The number of alkyl carbamates (subject to hydrolysis) is 1. The lowest BCUT2D eigenvalue weighted by Crippen LogP contribution is -2.63. The number of cyclic esters (lactones) is 1. The van der Waals surface area contributed by atoms with Crippen LogP contribution in [-0.2, 0) is 54.1 Å². The molecule has 390 valence electrons. The number of carbonyl (C=O) groups is 6. The van der Waals surface area contributed by atoms with Crippen LogP contribution in [0.4, 0.5) is 4.79 Å². The number of benzene rings is 1. The summed E-state index contributed by atoms with van der Waals surface area (Å²) in [7, 11) is 3.41. The first kappa shape index (κ1) is 57.6. The molecule has 13 atom stereocenters. The molecule has 3 heterocycles. The monoisotopic (exact) mass is 983 g/mol. The number of aliphatic hydroxyl groups is 3. The van der Waals surface area contributed by atoms with Gasteiger partial charge in [-0.3, -0.25) is 19.2 Å². The topological polar surface area (TPSA) is 252 Å². The number of allylic oxidation sites excluding steroid dienone is 3. The molecule has 1 aromatic heterocycles. The highest BCUT2D eigenvalue weighted by Crippen LogP contribution is 2.34. The number of aromatic nitrogens is 1. The number of aromatic amines is 1. The van der Waals surface area contributed by atoms with Gasteiger partial charge in [-0.05, 0) is 98.0 Å². The van der Waals surface area contributed by atoms with Crippen molar-refractivity contribution >= 4 is 46.9 Å². The van der Waals surface area contributed by atoms with Crippen molar-refractivity contribution < 1.29 is 67.8 Å². The highest BCUT2D eigenvalue weighted by molar-refractivity contribution is 5.92. The molecule has 0 aliphatic carbocycles. The Kier molecular flexibility index (Phi) is 22.2. The van der Waals surface area contributed by atoms with E-state index in [2.05, 4.69) is 15.6 Å². The van der Waals surface area contributed by atoms with Crippen LogP contribution in [0.25, 0.3) is 10.9 Å². The van der Waals surface area contributed by atoms with Crippen molar-refractivity contribution in [2.24, 2.45) is 23.7 Å². The standard InChI is InChI=1S/C52H78N4O14/c1-11-42-36(29-66-43(60)18-14-15-22-53-49(64)39(55-51(65)70-52(6,7)8)26-35-28-54-38-17-13-12-16-37(35)38)24-30(2)19-20-40(58)31(3)25-34(21-23-57)48(32(4)41(59)27-44(61)68-42)69-50-47(63)45(56(9)10)46(62)33(5)67-50/h12-13,16-17,19-20,23-24,28,31-34,36,39,41-42,45-48,50,54,59,62-63H,11,14-15,18,21-22,25-27,29H2,1-10H3,(H,53,64)(H,55,65)/b20-19+,30-24+/t31-,32+,33-,34+,36-,39+,41-,42-,45+,46-,47-,48-,50+/m1/s1. The Morgan fingerprint density at radius 2 is 1.74 bits per heavy atom. The van der Waals surface area contributed by atoms with Crippen LogP contribution in [0.3, 0.4) is 0 Å². The van der Waals surface area contributed by atoms with Crippen LogP contribution in [0, 0.1) is 23.7 Å². The lowest BCUT2D eigenvalue weighted by Gasteiger charge is -2.46. The van der Waals surface area contributed by atoms with Crippen molar-refractivity contribution in [3.8, 4) is 0 Å². The SMILES string of the molecule is CC[C@H]1OC(=O)C[C@@H](O)[C@H](C)[C@@H](O[C@@H]2O[C@H](C)[C@@H](O)[C@H](N(C)C)[C@H]2O)[C@@H](CC=O)C[C@@H](C)C(=O)/C=C/C(C)=C/[C@@H]1COC(=O)CCCCNC(=O)[C@H](Cc1c[nH]c2ccccc12)NC(=O)OC(C)(C)C. The molecule has 0 bridgehead atoms. The molecule has 18 heteroatoms. The average molecular weight is 983 g/mol. The zero-order valence-corrected chi connectivity index (χ0v) is 42.6. The first-order valence-electron chi connectivity index (χ1n) is 24.6. The Labute approximate surface area is 412 Å². The summed E-state index contributed by atoms with van der Waals surface area (Å²) in [6, 6.07) is 5.95. The van der Waals surface area contributed by atoms with E-state index in [4.69, 9.17) is 23.7 Å². The number of para-hydroxylation sites is 1. The van der Waals surface area contributed by atoms with Crippen LogP contribution in [0.2, 0.25) is 0 Å². The lowest BCUT2D eigenvalue weighted by atomic mass is 9.79. The van der Waals surface area contributed by atoms with Gasteiger partial charge in [0.15, 0.2) is 12.1 Å². The number of nitrogens with zero attached hydrogens (tertiary/aromatic N) is 1. The Morgan fingerprint density at radius 1 is 1.03 bits per heavy atom. The number of rotatable bonds is 17. The van der Waals surface area contributed by atoms with Crippen molar-refractivity contribution in [1.82, 2.24) is 20.5 Å². The van der Waals surface area contributed by atoms with E-state index in [0.717, 1.165) is 16.5 Å². The molecule has 0 radical (unpaired) electrons. The van der Waals surface area contributed by atoms with Gasteiger partial charge < -0.3 is 64.3 Å². The summed E-state index contributed by atoms with van der Waals surface area (Å²) in [4.78, 5) is 83.5. The molecule has 2 aliphatic heterocycles. The van der Waals surface area contributed by atoms with Crippen LogP contribution in [0.15, 0.2) is 54.3 Å². The van der Waals surface area contributed by atoms with Crippen molar-refractivity contribution in [2.75, 3.05) is 27.2 Å². The molecule has 2 aromatic rings. The maximum absolute atomic E-state index is 13.6. The molecule has 2 amide bonds. The van der Waals surface area contributed by atoms with E-state index in [1.807, 2.05) is 30.5 Å². The Morgan fingerprint density at radius 3 is 2.41 bits per heavy atom. The van der Waals surface area contributed by atoms with Gasteiger partial charge in [0, 0.05) is 60.7 Å². The number of aliphatic hydroxyl groups excluding tert-OH is 3. The number of amides is 2. The number of nitrogens with one attached hydrogen (secondary N) is 3. The molecule has 0 spiro atoms. The quantitative estimate of drug-likeness (QED) is 0.0536. The number of likely N-dealkylation sites (N-methyl/N-ethyl adjacent to an activating group) is 1. The molecule has 0 unspecified atom stereocenters. The first-order valence-corrected chi connectivity index (χ1v) is 24.6. The van der Waals surface area contributed by atoms with E-state index in [9.17, 15) is 44.1 Å². The molecule has 70 heavy (non-hydrogen) atoms. The van der Waals surface area contributed by atoms with E-state index in [0.29, 0.717) is 31.1 Å². The Balaban J connectivity index is 1.42. The van der Waals surface area contributed by atoms with Crippen LogP contribution in [0.1, 0.15) is 106 Å². The number of fused-ring (bicyclic) bond motifs is 1. The molecule has 1 aromatic carbocycles. The van der Waals surface area contributed by atoms with Gasteiger partial charge in [-0.15, -0.1) is 0 Å². The van der Waals surface area contributed by atoms with Crippen LogP contribution in [-0.4, -0.2) is 149 Å². The largest absolute Gasteiger partial charge is 0.465 e. The Bertz CT molecular complexity index is 2110. The van der Waals surface area contributed by atoms with Crippen molar-refractivity contribution in [3.05, 3.63) is 59.8 Å². The smallest absolute Gasteiger partial charge is 0.408 e. The van der Waals surface area contributed by atoms with Gasteiger partial charge in [0.05, 0.1) is 36.9 Å². The van der Waals surface area contributed by atoms with Gasteiger partial charge in [0.25, 0.3) is 0 Å². The van der Waals surface area contributed by atoms with Gasteiger partial charge in [0.1, 0.15) is 36.7 Å². The summed E-state index contributed by atoms with van der Waals surface area (Å²) in [6.07, 6.45) is 0.0713. The maximum atomic E-state index is 13.6. The number of ether oxygens (including phenoxy) is 5. The molecule has 0 saturated carbocycles. The third-order valence-electron chi connectivity index (χ3n) is 13.0. The number of aldehydes is 1. The van der Waals surface area contributed by atoms with Crippen molar-refractivity contribution in [1.29, 1.82) is 0 Å². The summed E-state index contributed by atoms with van der Waals surface area (Å²) in [5, 5.41) is 40.3. The van der Waals surface area contributed by atoms with E-state index in [-0.39, 0.29) is 44.6 Å². The van der Waals surface area contributed by atoms with Gasteiger partial charge >= 0.3 is 18.0 Å². The Hall–Kier alpha value is -4.98. The van der Waals surface area contributed by atoms with Gasteiger partial charge in [-0.25, -0.2) is 4.79 Å². The minimum absolute atomic E-state index is 0.0275.